The Hall–Kier alpha value is -1.09. The zero-order valence-electron chi connectivity index (χ0n) is 10.8. The van der Waals surface area contributed by atoms with Crippen LogP contribution in [0, 0.1) is 0 Å². The minimum atomic E-state index is -0.161. The molecule has 0 saturated carbocycles. The van der Waals surface area contributed by atoms with Crippen LogP contribution in [0.5, 0.6) is 0 Å². The van der Waals surface area contributed by atoms with E-state index in [4.69, 9.17) is 5.11 Å². The van der Waals surface area contributed by atoms with Crippen molar-refractivity contribution in [1.82, 2.24) is 5.32 Å². The van der Waals surface area contributed by atoms with Crippen molar-refractivity contribution in [3.05, 3.63) is 24.3 Å². The maximum Gasteiger partial charge on any atom is 0.244 e. The number of carbonyl (C=O) groups excluding carboxylic acids is 1. The molecule has 0 aromatic carbocycles. The van der Waals surface area contributed by atoms with E-state index in [-0.39, 0.29) is 12.5 Å². The van der Waals surface area contributed by atoms with Gasteiger partial charge in [-0.1, -0.05) is 50.8 Å². The van der Waals surface area contributed by atoms with Crippen molar-refractivity contribution in [1.29, 1.82) is 0 Å². The van der Waals surface area contributed by atoms with Gasteiger partial charge >= 0.3 is 0 Å². The average Bonchev–Trinajstić information content (AvgIpc) is 2.34. The molecular weight excluding hydrogens is 214 g/mol. The van der Waals surface area contributed by atoms with Gasteiger partial charge in [0.25, 0.3) is 0 Å². The number of aliphatic hydroxyl groups excluding tert-OH is 1. The Labute approximate surface area is 105 Å². The second kappa shape index (κ2) is 13.0. The Bertz CT molecular complexity index is 234. The Balaban J connectivity index is 3.39. The first-order valence-corrected chi connectivity index (χ1v) is 6.53. The molecule has 0 rings (SSSR count). The number of allylic oxidation sites excluding steroid dienone is 3. The van der Waals surface area contributed by atoms with E-state index in [1.807, 2.05) is 6.08 Å². The number of amides is 1. The van der Waals surface area contributed by atoms with Crippen molar-refractivity contribution in [3.8, 4) is 0 Å². The average molecular weight is 239 g/mol. The number of hydrogen-bond acceptors (Lipinski definition) is 2. The third kappa shape index (κ3) is 12.8. The smallest absolute Gasteiger partial charge is 0.244 e. The molecule has 0 fully saturated rings. The van der Waals surface area contributed by atoms with Crippen molar-refractivity contribution in [3.63, 3.8) is 0 Å². The molecule has 0 aromatic heterocycles. The summed E-state index contributed by atoms with van der Waals surface area (Å²) in [6.07, 6.45) is 14.7. The number of unbranched alkanes of at least 4 members (excludes halogenated alkanes) is 5. The van der Waals surface area contributed by atoms with Crippen LogP contribution in [0.1, 0.15) is 45.4 Å². The lowest BCUT2D eigenvalue weighted by Crippen LogP contribution is -2.24. The van der Waals surface area contributed by atoms with Crippen molar-refractivity contribution in [2.24, 2.45) is 0 Å². The van der Waals surface area contributed by atoms with Crippen LogP contribution in [0.3, 0.4) is 0 Å². The van der Waals surface area contributed by atoms with E-state index in [0.717, 1.165) is 6.42 Å². The van der Waals surface area contributed by atoms with E-state index in [2.05, 4.69) is 18.3 Å². The fraction of sp³-hybridized carbons (Fsp3) is 0.643. The first kappa shape index (κ1) is 15.9. The number of hydrogen-bond donors (Lipinski definition) is 2. The van der Waals surface area contributed by atoms with Crippen molar-refractivity contribution in [2.75, 3.05) is 13.2 Å². The Kier molecular flexibility index (Phi) is 12.1. The molecule has 0 atom stereocenters. The van der Waals surface area contributed by atoms with Crippen LogP contribution >= 0.6 is 0 Å². The first-order valence-electron chi connectivity index (χ1n) is 6.53. The van der Waals surface area contributed by atoms with Crippen LogP contribution in [0.15, 0.2) is 24.3 Å². The zero-order chi connectivity index (χ0) is 12.8. The molecule has 2 N–H and O–H groups in total. The highest BCUT2D eigenvalue weighted by Gasteiger charge is 1.90. The summed E-state index contributed by atoms with van der Waals surface area (Å²) in [5.41, 5.74) is 0. The quantitative estimate of drug-likeness (QED) is 0.350. The van der Waals surface area contributed by atoms with Gasteiger partial charge in [-0.2, -0.15) is 0 Å². The molecular formula is C14H25NO2. The summed E-state index contributed by atoms with van der Waals surface area (Å²) in [5.74, 6) is -0.161. The molecule has 0 aromatic rings. The molecule has 1 amide bonds. The van der Waals surface area contributed by atoms with Crippen LogP contribution < -0.4 is 5.32 Å². The van der Waals surface area contributed by atoms with E-state index < -0.39 is 0 Å². The van der Waals surface area contributed by atoms with Crippen LogP contribution in [0.25, 0.3) is 0 Å². The predicted molar refractivity (Wildman–Crippen MR) is 71.8 cm³/mol. The SMILES string of the molecule is CCCCCCC/C=C/C=C/C(=O)NCCO. The van der Waals surface area contributed by atoms with E-state index in [0.29, 0.717) is 6.54 Å². The van der Waals surface area contributed by atoms with Gasteiger partial charge in [0.15, 0.2) is 0 Å². The Morgan fingerprint density at radius 3 is 2.65 bits per heavy atom. The Morgan fingerprint density at radius 2 is 1.94 bits per heavy atom. The lowest BCUT2D eigenvalue weighted by Gasteiger charge is -1.96. The van der Waals surface area contributed by atoms with Crippen molar-refractivity contribution < 1.29 is 9.90 Å². The lowest BCUT2D eigenvalue weighted by atomic mass is 10.1. The second-order valence-electron chi connectivity index (χ2n) is 4.00. The van der Waals surface area contributed by atoms with E-state index in [1.165, 1.54) is 38.2 Å². The summed E-state index contributed by atoms with van der Waals surface area (Å²) in [7, 11) is 0. The number of aliphatic hydroxyl groups is 1. The molecule has 0 aliphatic heterocycles. The molecule has 0 unspecified atom stereocenters. The second-order valence-corrected chi connectivity index (χ2v) is 4.00. The maximum absolute atomic E-state index is 11.1. The van der Waals surface area contributed by atoms with Crippen molar-refractivity contribution >= 4 is 5.91 Å². The molecule has 0 saturated heterocycles. The largest absolute Gasteiger partial charge is 0.395 e. The van der Waals surface area contributed by atoms with E-state index in [9.17, 15) is 4.79 Å². The Morgan fingerprint density at radius 1 is 1.18 bits per heavy atom. The van der Waals surface area contributed by atoms with Gasteiger partial charge in [-0.3, -0.25) is 4.79 Å². The molecule has 17 heavy (non-hydrogen) atoms. The highest BCUT2D eigenvalue weighted by atomic mass is 16.3. The summed E-state index contributed by atoms with van der Waals surface area (Å²) in [5, 5.41) is 11.0. The molecule has 0 aliphatic carbocycles. The lowest BCUT2D eigenvalue weighted by molar-refractivity contribution is -0.116. The van der Waals surface area contributed by atoms with Gasteiger partial charge in [-0.25, -0.2) is 0 Å². The summed E-state index contributed by atoms with van der Waals surface area (Å²) >= 11 is 0. The van der Waals surface area contributed by atoms with Gasteiger partial charge in [0.1, 0.15) is 0 Å². The highest BCUT2D eigenvalue weighted by molar-refractivity contribution is 5.87. The monoisotopic (exact) mass is 239 g/mol. The first-order chi connectivity index (χ1) is 8.31. The fourth-order valence-corrected chi connectivity index (χ4v) is 1.42. The fourth-order valence-electron chi connectivity index (χ4n) is 1.42. The zero-order valence-corrected chi connectivity index (χ0v) is 10.8. The number of nitrogens with one attached hydrogen (secondary N) is 1. The summed E-state index contributed by atoms with van der Waals surface area (Å²) in [6, 6.07) is 0. The van der Waals surface area contributed by atoms with E-state index >= 15 is 0 Å². The topological polar surface area (TPSA) is 49.3 Å². The minimum absolute atomic E-state index is 0.0207. The molecule has 3 nitrogen and oxygen atoms in total. The molecule has 0 spiro atoms. The van der Waals surface area contributed by atoms with Gasteiger partial charge in [-0.15, -0.1) is 0 Å². The standard InChI is InChI=1S/C14H25NO2/c1-2-3-4-5-6-7-8-9-10-11-14(17)15-12-13-16/h8-11,16H,2-7,12-13H2,1H3,(H,15,17)/b9-8+,11-10+. The third-order valence-electron chi connectivity index (χ3n) is 2.38. The molecule has 98 valence electrons. The predicted octanol–water partition coefficient (Wildman–Crippen LogP) is 2.57. The molecule has 0 bridgehead atoms. The molecule has 3 heteroatoms. The molecule has 0 heterocycles. The third-order valence-corrected chi connectivity index (χ3v) is 2.38. The van der Waals surface area contributed by atoms with Crippen LogP contribution in [-0.2, 0) is 4.79 Å². The van der Waals surface area contributed by atoms with Crippen LogP contribution in [0.4, 0.5) is 0 Å². The summed E-state index contributed by atoms with van der Waals surface area (Å²) in [6.45, 7) is 2.50. The summed E-state index contributed by atoms with van der Waals surface area (Å²) < 4.78 is 0. The number of rotatable bonds is 10. The maximum atomic E-state index is 11.1. The molecule has 0 radical (unpaired) electrons. The number of carbonyl (C=O) groups is 1. The molecule has 0 aliphatic rings. The highest BCUT2D eigenvalue weighted by Crippen LogP contribution is 2.05. The minimum Gasteiger partial charge on any atom is -0.395 e. The van der Waals surface area contributed by atoms with Gasteiger partial charge in [0.2, 0.25) is 5.91 Å². The van der Waals surface area contributed by atoms with Gasteiger partial charge in [0, 0.05) is 12.6 Å². The van der Waals surface area contributed by atoms with Crippen LogP contribution in [0.2, 0.25) is 0 Å². The van der Waals surface area contributed by atoms with Crippen molar-refractivity contribution in [2.45, 2.75) is 45.4 Å². The van der Waals surface area contributed by atoms with Gasteiger partial charge < -0.3 is 10.4 Å². The van der Waals surface area contributed by atoms with Gasteiger partial charge in [-0.05, 0) is 12.8 Å². The summed E-state index contributed by atoms with van der Waals surface area (Å²) in [4.78, 5) is 11.1. The van der Waals surface area contributed by atoms with Crippen LogP contribution in [-0.4, -0.2) is 24.2 Å². The van der Waals surface area contributed by atoms with E-state index in [1.54, 1.807) is 6.08 Å². The van der Waals surface area contributed by atoms with Gasteiger partial charge in [0.05, 0.1) is 6.61 Å². The normalized spacial score (nSPS) is 11.4.